The van der Waals surface area contributed by atoms with Gasteiger partial charge in [0, 0.05) is 5.92 Å². The van der Waals surface area contributed by atoms with Gasteiger partial charge < -0.3 is 4.74 Å². The average Bonchev–Trinajstić information content (AvgIpc) is 2.55. The van der Waals surface area contributed by atoms with Crippen molar-refractivity contribution in [1.29, 1.82) is 0 Å². The quantitative estimate of drug-likeness (QED) is 0.664. The van der Waals surface area contributed by atoms with E-state index in [2.05, 4.69) is 44.7 Å². The van der Waals surface area contributed by atoms with Gasteiger partial charge in [-0.25, -0.2) is 0 Å². The maximum Gasteiger partial charge on any atom is 0.0839 e. The molecule has 1 aliphatic heterocycles. The lowest BCUT2D eigenvalue weighted by Crippen LogP contribution is -2.25. The summed E-state index contributed by atoms with van der Waals surface area (Å²) in [5.74, 6) is 0.447. The number of hydrogen-bond acceptors (Lipinski definition) is 1. The van der Waals surface area contributed by atoms with Gasteiger partial charge in [0.2, 0.25) is 0 Å². The summed E-state index contributed by atoms with van der Waals surface area (Å²) in [5, 5.41) is 0. The molecule has 0 N–H and O–H groups in total. The highest BCUT2D eigenvalue weighted by atomic mass is 16.5. The van der Waals surface area contributed by atoms with Crippen molar-refractivity contribution in [3.8, 4) is 0 Å². The first kappa shape index (κ1) is 10.4. The summed E-state index contributed by atoms with van der Waals surface area (Å²) in [6.07, 6.45) is 3.29. The molecule has 2 rings (SSSR count). The van der Waals surface area contributed by atoms with Crippen molar-refractivity contribution in [2.75, 3.05) is 0 Å². The van der Waals surface area contributed by atoms with E-state index in [4.69, 9.17) is 4.74 Å². The first-order chi connectivity index (χ1) is 7.13. The van der Waals surface area contributed by atoms with E-state index < -0.39 is 0 Å². The van der Waals surface area contributed by atoms with Crippen molar-refractivity contribution in [3.05, 3.63) is 48.6 Å². The van der Waals surface area contributed by atoms with Crippen LogP contribution >= 0.6 is 0 Å². The Morgan fingerprint density at radius 3 is 2.53 bits per heavy atom. The molecule has 1 saturated heterocycles. The van der Waals surface area contributed by atoms with Crippen molar-refractivity contribution >= 4 is 0 Å². The van der Waals surface area contributed by atoms with Crippen molar-refractivity contribution in [2.45, 2.75) is 32.0 Å². The lowest BCUT2D eigenvalue weighted by Gasteiger charge is -2.23. The van der Waals surface area contributed by atoms with Gasteiger partial charge in [-0.05, 0) is 25.8 Å². The fourth-order valence-corrected chi connectivity index (χ4v) is 2.27. The Kier molecular flexibility index (Phi) is 2.66. The summed E-state index contributed by atoms with van der Waals surface area (Å²) in [6, 6.07) is 10.4. The fourth-order valence-electron chi connectivity index (χ4n) is 2.27. The molecule has 0 spiro atoms. The van der Waals surface area contributed by atoms with Gasteiger partial charge in [-0.1, -0.05) is 36.4 Å². The maximum absolute atomic E-state index is 6.07. The zero-order chi connectivity index (χ0) is 10.9. The standard InChI is InChI=1S/C14H18O/c1-4-12-10-13(15-14(12,2)3)11-8-6-5-7-9-11/h4-9,12-13H,1,10H2,2-3H3/t12-,13-/m1/s1. The lowest BCUT2D eigenvalue weighted by atomic mass is 9.89. The maximum atomic E-state index is 6.07. The molecule has 1 aromatic rings. The third-order valence-corrected chi connectivity index (χ3v) is 3.26. The Bertz CT molecular complexity index is 340. The van der Waals surface area contributed by atoms with Crippen LogP contribution in [-0.2, 0) is 4.74 Å². The summed E-state index contributed by atoms with van der Waals surface area (Å²) in [5.41, 5.74) is 1.19. The van der Waals surface area contributed by atoms with Crippen LogP contribution in [-0.4, -0.2) is 5.60 Å². The Morgan fingerprint density at radius 2 is 2.00 bits per heavy atom. The van der Waals surface area contributed by atoms with E-state index in [-0.39, 0.29) is 11.7 Å². The van der Waals surface area contributed by atoms with Gasteiger partial charge in [0.15, 0.2) is 0 Å². The normalized spacial score (nSPS) is 28.9. The zero-order valence-electron chi connectivity index (χ0n) is 9.44. The van der Waals surface area contributed by atoms with E-state index in [1.54, 1.807) is 0 Å². The van der Waals surface area contributed by atoms with Crippen LogP contribution in [0.4, 0.5) is 0 Å². The topological polar surface area (TPSA) is 9.23 Å². The van der Waals surface area contributed by atoms with E-state index in [0.29, 0.717) is 5.92 Å². The number of benzene rings is 1. The lowest BCUT2D eigenvalue weighted by molar-refractivity contribution is -0.0262. The molecule has 15 heavy (non-hydrogen) atoms. The van der Waals surface area contributed by atoms with Crippen LogP contribution in [0.3, 0.4) is 0 Å². The van der Waals surface area contributed by atoms with Crippen molar-refractivity contribution in [2.24, 2.45) is 5.92 Å². The molecule has 1 nitrogen and oxygen atoms in total. The van der Waals surface area contributed by atoms with Crippen LogP contribution in [0.15, 0.2) is 43.0 Å². The monoisotopic (exact) mass is 202 g/mol. The fraction of sp³-hybridized carbons (Fsp3) is 0.429. The van der Waals surface area contributed by atoms with Gasteiger partial charge >= 0.3 is 0 Å². The molecular weight excluding hydrogens is 184 g/mol. The number of ether oxygens (including phenoxy) is 1. The average molecular weight is 202 g/mol. The first-order valence-corrected chi connectivity index (χ1v) is 5.49. The van der Waals surface area contributed by atoms with Crippen LogP contribution in [0.25, 0.3) is 0 Å². The summed E-state index contributed by atoms with van der Waals surface area (Å²) in [6.45, 7) is 8.17. The van der Waals surface area contributed by atoms with Crippen molar-refractivity contribution < 1.29 is 4.74 Å². The highest BCUT2D eigenvalue weighted by Gasteiger charge is 2.40. The SMILES string of the molecule is C=C[C@@H]1C[C@H](c2ccccc2)OC1(C)C. The Morgan fingerprint density at radius 1 is 1.33 bits per heavy atom. The molecule has 2 atom stereocenters. The Balaban J connectivity index is 2.19. The smallest absolute Gasteiger partial charge is 0.0839 e. The number of rotatable bonds is 2. The molecular formula is C14H18O. The van der Waals surface area contributed by atoms with Crippen LogP contribution < -0.4 is 0 Å². The number of hydrogen-bond donors (Lipinski definition) is 0. The van der Waals surface area contributed by atoms with Gasteiger partial charge in [0.1, 0.15) is 0 Å². The predicted octanol–water partition coefficient (Wildman–Crippen LogP) is 3.73. The highest BCUT2D eigenvalue weighted by Crippen LogP contribution is 2.43. The molecule has 0 aliphatic carbocycles. The molecule has 0 amide bonds. The predicted molar refractivity (Wildman–Crippen MR) is 62.7 cm³/mol. The second-order valence-electron chi connectivity index (χ2n) is 4.70. The molecule has 0 bridgehead atoms. The minimum absolute atomic E-state index is 0.0811. The second-order valence-corrected chi connectivity index (χ2v) is 4.70. The van der Waals surface area contributed by atoms with Crippen LogP contribution in [0.1, 0.15) is 31.9 Å². The van der Waals surface area contributed by atoms with E-state index in [1.807, 2.05) is 12.1 Å². The molecule has 1 heterocycles. The van der Waals surface area contributed by atoms with Crippen molar-refractivity contribution in [1.82, 2.24) is 0 Å². The largest absolute Gasteiger partial charge is 0.367 e. The molecule has 1 aromatic carbocycles. The molecule has 80 valence electrons. The summed E-state index contributed by atoms with van der Waals surface area (Å²) in [4.78, 5) is 0. The van der Waals surface area contributed by atoms with E-state index in [9.17, 15) is 0 Å². The molecule has 0 saturated carbocycles. The Hall–Kier alpha value is -1.08. The van der Waals surface area contributed by atoms with Crippen LogP contribution in [0.5, 0.6) is 0 Å². The molecule has 1 heteroatoms. The second kappa shape index (κ2) is 3.82. The van der Waals surface area contributed by atoms with E-state index >= 15 is 0 Å². The van der Waals surface area contributed by atoms with E-state index in [1.165, 1.54) is 5.56 Å². The van der Waals surface area contributed by atoms with Gasteiger partial charge in [-0.15, -0.1) is 6.58 Å². The van der Waals surface area contributed by atoms with Gasteiger partial charge in [-0.2, -0.15) is 0 Å². The molecule has 0 aromatic heterocycles. The molecule has 1 aliphatic rings. The van der Waals surface area contributed by atoms with Gasteiger partial charge in [0.05, 0.1) is 11.7 Å². The highest BCUT2D eigenvalue weighted by molar-refractivity contribution is 5.20. The minimum atomic E-state index is -0.0811. The summed E-state index contributed by atoms with van der Waals surface area (Å²) in [7, 11) is 0. The van der Waals surface area contributed by atoms with Crippen LogP contribution in [0.2, 0.25) is 0 Å². The zero-order valence-corrected chi connectivity index (χ0v) is 9.44. The van der Waals surface area contributed by atoms with E-state index in [0.717, 1.165) is 6.42 Å². The minimum Gasteiger partial charge on any atom is -0.367 e. The molecule has 1 fully saturated rings. The summed E-state index contributed by atoms with van der Waals surface area (Å²) < 4.78 is 6.07. The van der Waals surface area contributed by atoms with Gasteiger partial charge in [0.25, 0.3) is 0 Å². The summed E-state index contributed by atoms with van der Waals surface area (Å²) >= 11 is 0. The molecule has 0 radical (unpaired) electrons. The third-order valence-electron chi connectivity index (χ3n) is 3.26. The molecule has 0 unspecified atom stereocenters. The van der Waals surface area contributed by atoms with Crippen LogP contribution in [0, 0.1) is 5.92 Å². The van der Waals surface area contributed by atoms with Crippen molar-refractivity contribution in [3.63, 3.8) is 0 Å². The first-order valence-electron chi connectivity index (χ1n) is 5.49. The van der Waals surface area contributed by atoms with Gasteiger partial charge in [-0.3, -0.25) is 0 Å². The Labute approximate surface area is 91.8 Å². The third kappa shape index (κ3) is 1.98.